The van der Waals surface area contributed by atoms with E-state index in [0.29, 0.717) is 0 Å². The Bertz CT molecular complexity index is 80.1. The highest BCUT2D eigenvalue weighted by Crippen LogP contribution is 2.31. The lowest BCUT2D eigenvalue weighted by molar-refractivity contribution is 0.379. The molecular weight excluding hydrogens is 165 g/mol. The Labute approximate surface area is 63.3 Å². The fourth-order valence-corrected chi connectivity index (χ4v) is 2.27. The van der Waals surface area contributed by atoms with E-state index in [1.54, 1.807) is 11.8 Å². The summed E-state index contributed by atoms with van der Waals surface area (Å²) < 4.78 is 0. The van der Waals surface area contributed by atoms with Crippen LogP contribution in [0.5, 0.6) is 0 Å². The molecule has 0 amide bonds. The van der Waals surface area contributed by atoms with E-state index in [0.717, 1.165) is 5.75 Å². The number of rotatable bonds is 0. The minimum absolute atomic E-state index is 0.0810. The molecule has 0 saturated carbocycles. The second-order valence-electron chi connectivity index (χ2n) is 1.73. The zero-order valence-corrected chi connectivity index (χ0v) is 6.80. The first kappa shape index (κ1) is 7.00. The molecular formula is C4H7Cl2NS. The van der Waals surface area contributed by atoms with Gasteiger partial charge in [0.05, 0.1) is 5.50 Å². The van der Waals surface area contributed by atoms with Crippen LogP contribution in [0.3, 0.4) is 0 Å². The van der Waals surface area contributed by atoms with Crippen LogP contribution in [0.1, 0.15) is 0 Å². The van der Waals surface area contributed by atoms with Gasteiger partial charge in [0.25, 0.3) is 0 Å². The first-order chi connectivity index (χ1) is 3.72. The topological polar surface area (TPSA) is 3.24 Å². The molecule has 0 aliphatic carbocycles. The Morgan fingerprint density at radius 3 is 2.38 bits per heavy atom. The molecule has 0 spiro atoms. The molecule has 1 nitrogen and oxygen atoms in total. The molecule has 48 valence electrons. The second kappa shape index (κ2) is 2.65. The molecule has 1 fully saturated rings. The standard InChI is InChI=1S/C4H7Cl2NS/c1-7-3(5)2-8-4(7)6/h3-4H,2H2,1H3. The highest BCUT2D eigenvalue weighted by molar-refractivity contribution is 8.01. The monoisotopic (exact) mass is 171 g/mol. The average molecular weight is 172 g/mol. The summed E-state index contributed by atoms with van der Waals surface area (Å²) in [4.78, 5) is 2.02. The number of halogens is 2. The Kier molecular flexibility index (Phi) is 2.32. The van der Waals surface area contributed by atoms with Crippen LogP contribution in [-0.4, -0.2) is 28.0 Å². The molecule has 1 aliphatic rings. The second-order valence-corrected chi connectivity index (χ2v) is 4.01. The van der Waals surface area contributed by atoms with Crippen molar-refractivity contribution >= 4 is 35.0 Å². The van der Waals surface area contributed by atoms with Crippen molar-refractivity contribution in [1.82, 2.24) is 4.90 Å². The van der Waals surface area contributed by atoms with Crippen molar-refractivity contribution in [3.63, 3.8) is 0 Å². The van der Waals surface area contributed by atoms with Crippen LogP contribution in [-0.2, 0) is 0 Å². The minimum atomic E-state index is 0.0810. The van der Waals surface area contributed by atoms with Crippen LogP contribution in [0.4, 0.5) is 0 Å². The van der Waals surface area contributed by atoms with Gasteiger partial charge in [-0.15, -0.1) is 23.4 Å². The molecule has 0 bridgehead atoms. The van der Waals surface area contributed by atoms with Crippen molar-refractivity contribution in [3.05, 3.63) is 0 Å². The predicted octanol–water partition coefficient (Wildman–Crippen LogP) is 1.75. The average Bonchev–Trinajstić information content (AvgIpc) is 1.98. The fourth-order valence-electron chi connectivity index (χ4n) is 0.521. The van der Waals surface area contributed by atoms with E-state index < -0.39 is 0 Å². The van der Waals surface area contributed by atoms with Crippen LogP contribution >= 0.6 is 35.0 Å². The zero-order valence-electron chi connectivity index (χ0n) is 4.47. The van der Waals surface area contributed by atoms with Gasteiger partial charge in [-0.3, -0.25) is 4.90 Å². The lowest BCUT2D eigenvalue weighted by Gasteiger charge is -2.13. The molecule has 1 rings (SSSR count). The quantitative estimate of drug-likeness (QED) is 0.404. The van der Waals surface area contributed by atoms with E-state index in [1.807, 2.05) is 11.9 Å². The highest BCUT2D eigenvalue weighted by atomic mass is 35.5. The Morgan fingerprint density at radius 2 is 2.25 bits per heavy atom. The lowest BCUT2D eigenvalue weighted by Crippen LogP contribution is -2.24. The summed E-state index contributed by atoms with van der Waals surface area (Å²) in [6.07, 6.45) is 0. The SMILES string of the molecule is CN1C(Cl)CSC1Cl. The highest BCUT2D eigenvalue weighted by Gasteiger charge is 2.27. The Hall–Kier alpha value is 0.890. The molecule has 1 heterocycles. The number of thioether (sulfide) groups is 1. The maximum Gasteiger partial charge on any atom is 0.133 e. The Morgan fingerprint density at radius 1 is 1.62 bits per heavy atom. The van der Waals surface area contributed by atoms with E-state index in [-0.39, 0.29) is 10.3 Å². The van der Waals surface area contributed by atoms with Gasteiger partial charge in [-0.2, -0.15) is 0 Å². The summed E-state index contributed by atoms with van der Waals surface area (Å²) in [5.41, 5.74) is 0.127. The summed E-state index contributed by atoms with van der Waals surface area (Å²) in [5, 5.41) is 0. The van der Waals surface area contributed by atoms with Crippen molar-refractivity contribution in [3.8, 4) is 0 Å². The molecule has 1 saturated heterocycles. The van der Waals surface area contributed by atoms with Crippen molar-refractivity contribution in [1.29, 1.82) is 0 Å². The molecule has 4 heteroatoms. The fraction of sp³-hybridized carbons (Fsp3) is 1.00. The van der Waals surface area contributed by atoms with Gasteiger partial charge in [-0.05, 0) is 7.05 Å². The first-order valence-electron chi connectivity index (χ1n) is 2.33. The van der Waals surface area contributed by atoms with Crippen LogP contribution < -0.4 is 0 Å². The molecule has 0 N–H and O–H groups in total. The minimum Gasteiger partial charge on any atom is -0.265 e. The summed E-state index contributed by atoms with van der Waals surface area (Å²) >= 11 is 13.2. The molecule has 0 aromatic carbocycles. The number of nitrogens with zero attached hydrogens (tertiary/aromatic N) is 1. The maximum absolute atomic E-state index is 5.78. The van der Waals surface area contributed by atoms with Crippen molar-refractivity contribution < 1.29 is 0 Å². The van der Waals surface area contributed by atoms with E-state index in [4.69, 9.17) is 23.2 Å². The van der Waals surface area contributed by atoms with Crippen LogP contribution in [0.25, 0.3) is 0 Å². The van der Waals surface area contributed by atoms with E-state index >= 15 is 0 Å². The summed E-state index contributed by atoms with van der Waals surface area (Å²) in [6.45, 7) is 0. The van der Waals surface area contributed by atoms with Gasteiger partial charge in [0.1, 0.15) is 4.83 Å². The summed E-state index contributed by atoms with van der Waals surface area (Å²) in [6, 6.07) is 0. The van der Waals surface area contributed by atoms with E-state index in [9.17, 15) is 0 Å². The van der Waals surface area contributed by atoms with Crippen molar-refractivity contribution in [2.75, 3.05) is 12.8 Å². The van der Waals surface area contributed by atoms with Gasteiger partial charge in [0.15, 0.2) is 0 Å². The summed E-state index contributed by atoms with van der Waals surface area (Å²) in [5.74, 6) is 0.937. The largest absolute Gasteiger partial charge is 0.265 e. The lowest BCUT2D eigenvalue weighted by atomic mass is 10.7. The smallest absolute Gasteiger partial charge is 0.133 e. The molecule has 2 unspecified atom stereocenters. The number of hydrogen-bond acceptors (Lipinski definition) is 2. The molecule has 0 aromatic rings. The molecule has 1 aliphatic heterocycles. The van der Waals surface area contributed by atoms with Gasteiger partial charge in [-0.1, -0.05) is 11.6 Å². The summed E-state index contributed by atoms with van der Waals surface area (Å²) in [7, 11) is 1.93. The van der Waals surface area contributed by atoms with Crippen molar-refractivity contribution in [2.24, 2.45) is 0 Å². The molecule has 0 aromatic heterocycles. The van der Waals surface area contributed by atoms with Gasteiger partial charge in [0, 0.05) is 5.75 Å². The van der Waals surface area contributed by atoms with Crippen LogP contribution in [0.15, 0.2) is 0 Å². The zero-order chi connectivity index (χ0) is 6.15. The van der Waals surface area contributed by atoms with E-state index in [2.05, 4.69) is 0 Å². The van der Waals surface area contributed by atoms with Crippen LogP contribution in [0.2, 0.25) is 0 Å². The normalized spacial score (nSPS) is 40.9. The third-order valence-corrected chi connectivity index (χ3v) is 3.58. The molecule has 8 heavy (non-hydrogen) atoms. The van der Waals surface area contributed by atoms with Crippen molar-refractivity contribution in [2.45, 2.75) is 10.3 Å². The number of alkyl halides is 2. The molecule has 0 radical (unpaired) electrons. The van der Waals surface area contributed by atoms with E-state index in [1.165, 1.54) is 0 Å². The molecule has 2 atom stereocenters. The predicted molar refractivity (Wildman–Crippen MR) is 39.5 cm³/mol. The maximum atomic E-state index is 5.78. The van der Waals surface area contributed by atoms with Gasteiger partial charge >= 0.3 is 0 Å². The van der Waals surface area contributed by atoms with Gasteiger partial charge in [-0.25, -0.2) is 0 Å². The van der Waals surface area contributed by atoms with Gasteiger partial charge < -0.3 is 0 Å². The third-order valence-electron chi connectivity index (χ3n) is 1.13. The Balaban J connectivity index is 2.44. The number of hydrogen-bond donors (Lipinski definition) is 0. The third kappa shape index (κ3) is 1.24. The van der Waals surface area contributed by atoms with Gasteiger partial charge in [0.2, 0.25) is 0 Å². The first-order valence-corrected chi connectivity index (χ1v) is 4.25. The van der Waals surface area contributed by atoms with Crippen LogP contribution in [0, 0.1) is 0 Å².